The first-order valence-electron chi connectivity index (χ1n) is 9.81. The van der Waals surface area contributed by atoms with Gasteiger partial charge in [0.05, 0.1) is 16.1 Å². The Kier molecular flexibility index (Phi) is 17.8. The van der Waals surface area contributed by atoms with Crippen molar-refractivity contribution in [1.82, 2.24) is 0 Å². The third-order valence-corrected chi connectivity index (χ3v) is 17.8. The van der Waals surface area contributed by atoms with Gasteiger partial charge in [0.2, 0.25) is 0 Å². The van der Waals surface area contributed by atoms with Crippen molar-refractivity contribution in [3.8, 4) is 0 Å². The first kappa shape index (κ1) is 31.7. The summed E-state index contributed by atoms with van der Waals surface area (Å²) in [6, 6.07) is 2.65. The molecule has 5 heteroatoms. The Balaban J connectivity index is -0.000000372. The average molecular weight is 415 g/mol. The Hall–Kier alpha value is 1.99. The molecule has 0 fully saturated rings. The molecule has 0 unspecified atom stereocenters. The molecule has 0 aromatic rings. The van der Waals surface area contributed by atoms with E-state index in [0.717, 1.165) is 19.3 Å². The fourth-order valence-electron chi connectivity index (χ4n) is 2.10. The normalized spacial score (nSPS) is 13.0. The van der Waals surface area contributed by atoms with Crippen LogP contribution >= 0.6 is 0 Å². The molecule has 0 heterocycles. The van der Waals surface area contributed by atoms with Crippen molar-refractivity contribution >= 4 is 16.1 Å². The van der Waals surface area contributed by atoms with Gasteiger partial charge in [-0.25, -0.2) is 0 Å². The fraction of sp³-hybridized carbons (Fsp3) is 1.00. The number of aliphatic hydroxyl groups excluding tert-OH is 1. The van der Waals surface area contributed by atoms with Crippen molar-refractivity contribution in [2.75, 3.05) is 13.2 Å². The molecule has 0 rings (SSSR count). The third kappa shape index (κ3) is 14.6. The minimum Gasteiger partial charge on any atom is -0.854 e. The second-order valence-corrected chi connectivity index (χ2v) is 22.1. The van der Waals surface area contributed by atoms with Crippen LogP contribution in [-0.2, 0) is 0 Å². The number of hydrogen-bond donors (Lipinski definition) is 1. The Labute approximate surface area is 204 Å². The summed E-state index contributed by atoms with van der Waals surface area (Å²) < 4.78 is 0. The summed E-state index contributed by atoms with van der Waals surface area (Å²) in [5, 5.41) is 19.9. The van der Waals surface area contributed by atoms with E-state index in [1.807, 2.05) is 0 Å². The summed E-state index contributed by atoms with van der Waals surface area (Å²) in [7, 11) is -2.13. The van der Waals surface area contributed by atoms with Crippen LogP contribution in [0, 0.1) is 0 Å². The van der Waals surface area contributed by atoms with Gasteiger partial charge in [0.15, 0.2) is 0 Å². The topological polar surface area (TPSA) is 43.3 Å². The van der Waals surface area contributed by atoms with Gasteiger partial charge in [0.1, 0.15) is 0 Å². The fourth-order valence-corrected chi connectivity index (χ4v) is 5.87. The van der Waals surface area contributed by atoms with Gasteiger partial charge in [0.25, 0.3) is 0 Å². The molecular weight excluding hydrogens is 367 g/mol. The molecule has 0 aliphatic rings. The Morgan fingerprint density at radius 1 is 0.680 bits per heavy atom. The van der Waals surface area contributed by atoms with Crippen LogP contribution in [0.2, 0.25) is 48.4 Å². The van der Waals surface area contributed by atoms with Crippen molar-refractivity contribution in [2.45, 2.75) is 116 Å². The number of unbranched alkanes of at least 4 members (excludes halogenated alkanes) is 2. The van der Waals surface area contributed by atoms with Crippen LogP contribution in [0.5, 0.6) is 0 Å². The Morgan fingerprint density at radius 3 is 1.24 bits per heavy atom. The van der Waals surface area contributed by atoms with Crippen molar-refractivity contribution in [3.05, 3.63) is 0 Å². The summed E-state index contributed by atoms with van der Waals surface area (Å²) in [5.41, 5.74) is 0. The molecule has 148 valence electrons. The van der Waals surface area contributed by atoms with Crippen LogP contribution in [0.1, 0.15) is 67.2 Å². The van der Waals surface area contributed by atoms with E-state index in [-0.39, 0.29) is 58.0 Å². The standard InChI is InChI=1S/C10H24OSi.C10H23OSi.K/c2*1-10(2,3)12(4,5)9-7-6-8-11;/h11H,6-9H2,1-5H3;6-9H2,1-5H3;/q;-1;+1. The van der Waals surface area contributed by atoms with E-state index in [1.165, 1.54) is 18.5 Å². The van der Waals surface area contributed by atoms with Crippen LogP contribution in [0.15, 0.2) is 0 Å². The molecular formula is C20H47KO2Si2. The van der Waals surface area contributed by atoms with Crippen LogP contribution in [-0.4, -0.2) is 34.5 Å². The molecule has 0 amide bonds. The van der Waals surface area contributed by atoms with Crippen molar-refractivity contribution in [2.24, 2.45) is 0 Å². The molecule has 0 aromatic carbocycles. The van der Waals surface area contributed by atoms with Gasteiger partial charge in [-0.3, -0.25) is 0 Å². The molecule has 0 atom stereocenters. The monoisotopic (exact) mass is 414 g/mol. The second kappa shape index (κ2) is 14.0. The Bertz CT molecular complexity index is 287. The van der Waals surface area contributed by atoms with Gasteiger partial charge in [-0.15, -0.1) is 6.61 Å². The van der Waals surface area contributed by atoms with Gasteiger partial charge in [-0.1, -0.05) is 99.1 Å². The van der Waals surface area contributed by atoms with Gasteiger partial charge in [-0.05, 0) is 16.5 Å². The number of rotatable bonds is 8. The first-order valence-corrected chi connectivity index (χ1v) is 16.2. The first-order chi connectivity index (χ1) is 10.6. The summed E-state index contributed by atoms with van der Waals surface area (Å²) in [5.74, 6) is 0. The maximum atomic E-state index is 10.3. The maximum Gasteiger partial charge on any atom is 1.00 e. The van der Waals surface area contributed by atoms with E-state index < -0.39 is 16.1 Å². The van der Waals surface area contributed by atoms with Crippen molar-refractivity contribution < 1.29 is 61.6 Å². The minimum absolute atomic E-state index is 0. The quantitative estimate of drug-likeness (QED) is 0.490. The zero-order valence-corrected chi connectivity index (χ0v) is 24.6. The molecule has 0 spiro atoms. The molecule has 0 aliphatic heterocycles. The van der Waals surface area contributed by atoms with E-state index in [0.29, 0.717) is 16.7 Å². The second-order valence-electron chi connectivity index (χ2n) is 10.6. The minimum atomic E-state index is -1.08. The van der Waals surface area contributed by atoms with Crippen molar-refractivity contribution in [3.63, 3.8) is 0 Å². The van der Waals surface area contributed by atoms with Crippen LogP contribution in [0.3, 0.4) is 0 Å². The molecule has 25 heavy (non-hydrogen) atoms. The molecule has 0 bridgehead atoms. The Morgan fingerprint density at radius 2 is 1.00 bits per heavy atom. The smallest absolute Gasteiger partial charge is 0.854 e. The largest absolute Gasteiger partial charge is 1.00 e. The van der Waals surface area contributed by atoms with Crippen LogP contribution < -0.4 is 56.5 Å². The summed E-state index contributed by atoms with van der Waals surface area (Å²) in [6.45, 7) is 24.2. The number of aliphatic hydroxyl groups is 1. The van der Waals surface area contributed by atoms with E-state index in [1.54, 1.807) is 0 Å². The SMILES string of the molecule is CC(C)(C)[Si](C)(C)CCCCO.CC(C)(C)[Si](C)(C)CCCC[O-].[K+]. The molecule has 0 radical (unpaired) electrons. The van der Waals surface area contributed by atoms with Gasteiger partial charge < -0.3 is 10.2 Å². The summed E-state index contributed by atoms with van der Waals surface area (Å²) >= 11 is 0. The predicted octanol–water partition coefficient (Wildman–Crippen LogP) is 2.91. The average Bonchev–Trinajstić information content (AvgIpc) is 2.37. The summed E-state index contributed by atoms with van der Waals surface area (Å²) in [6.07, 6.45) is 4.19. The van der Waals surface area contributed by atoms with E-state index in [9.17, 15) is 5.11 Å². The maximum absolute atomic E-state index is 10.3. The van der Waals surface area contributed by atoms with Crippen LogP contribution in [0.4, 0.5) is 0 Å². The zero-order valence-electron chi connectivity index (χ0n) is 19.5. The van der Waals surface area contributed by atoms with Gasteiger partial charge >= 0.3 is 51.4 Å². The number of hydrogen-bond acceptors (Lipinski definition) is 2. The zero-order chi connectivity index (χ0) is 19.7. The molecule has 0 saturated heterocycles. The molecule has 0 saturated carbocycles. The van der Waals surface area contributed by atoms with Gasteiger partial charge in [-0.2, -0.15) is 0 Å². The van der Waals surface area contributed by atoms with Gasteiger partial charge in [0, 0.05) is 6.61 Å². The van der Waals surface area contributed by atoms with E-state index in [2.05, 4.69) is 67.7 Å². The van der Waals surface area contributed by atoms with Crippen LogP contribution in [0.25, 0.3) is 0 Å². The summed E-state index contributed by atoms with van der Waals surface area (Å²) in [4.78, 5) is 0. The molecule has 0 aromatic heterocycles. The molecule has 2 nitrogen and oxygen atoms in total. The molecule has 0 aliphatic carbocycles. The molecule has 1 N–H and O–H groups in total. The van der Waals surface area contributed by atoms with E-state index >= 15 is 0 Å². The van der Waals surface area contributed by atoms with Crippen molar-refractivity contribution in [1.29, 1.82) is 0 Å². The van der Waals surface area contributed by atoms with E-state index in [4.69, 9.17) is 5.11 Å². The predicted molar refractivity (Wildman–Crippen MR) is 114 cm³/mol. The third-order valence-electron chi connectivity index (χ3n) is 6.47.